The van der Waals surface area contributed by atoms with Crippen molar-refractivity contribution in [3.05, 3.63) is 77.4 Å². The van der Waals surface area contributed by atoms with Gasteiger partial charge >= 0.3 is 0 Å². The minimum Gasteiger partial charge on any atom is -0.375 e. The fourth-order valence-corrected chi connectivity index (χ4v) is 3.44. The number of aryl methyl sites for hydroxylation is 2. The van der Waals surface area contributed by atoms with Crippen molar-refractivity contribution in [3.63, 3.8) is 0 Å². The van der Waals surface area contributed by atoms with E-state index in [4.69, 9.17) is 0 Å². The number of carbonyl (C=O) groups excluding carboxylic acids is 2. The molecule has 0 saturated heterocycles. The first-order valence-corrected chi connectivity index (χ1v) is 8.23. The Kier molecular flexibility index (Phi) is 4.31. The summed E-state index contributed by atoms with van der Waals surface area (Å²) in [5, 5.41) is 11.1. The molecule has 0 unspecified atom stereocenters. The summed E-state index contributed by atoms with van der Waals surface area (Å²) in [7, 11) is 0. The molecule has 0 spiro atoms. The summed E-state index contributed by atoms with van der Waals surface area (Å²) in [6.45, 7) is 7.77. The van der Waals surface area contributed by atoms with Crippen molar-refractivity contribution in [1.29, 1.82) is 0 Å². The zero-order valence-corrected chi connectivity index (χ0v) is 14.5. The number of aliphatic hydroxyl groups is 1. The molecule has 0 saturated carbocycles. The Balaban J connectivity index is 1.99. The highest BCUT2D eigenvalue weighted by Gasteiger charge is 2.50. The average Bonchev–Trinajstić information content (AvgIpc) is 2.77. The van der Waals surface area contributed by atoms with Crippen molar-refractivity contribution >= 4 is 17.4 Å². The molecule has 25 heavy (non-hydrogen) atoms. The van der Waals surface area contributed by atoms with E-state index in [1.807, 2.05) is 26.0 Å². The van der Waals surface area contributed by atoms with Crippen molar-refractivity contribution in [2.24, 2.45) is 0 Å². The first kappa shape index (κ1) is 17.1. The molecule has 1 atom stereocenters. The third-order valence-electron chi connectivity index (χ3n) is 4.65. The number of Topliss-reactive ketones (excluding diaryl/α,β-unsaturated/α-hetero) is 1. The predicted molar refractivity (Wildman–Crippen MR) is 97.8 cm³/mol. The molecule has 0 bridgehead atoms. The molecule has 4 heteroatoms. The highest BCUT2D eigenvalue weighted by molar-refractivity contribution is 6.11. The van der Waals surface area contributed by atoms with E-state index >= 15 is 0 Å². The van der Waals surface area contributed by atoms with Gasteiger partial charge in [0, 0.05) is 17.7 Å². The van der Waals surface area contributed by atoms with Gasteiger partial charge in [0.15, 0.2) is 11.4 Å². The van der Waals surface area contributed by atoms with Gasteiger partial charge in [0.2, 0.25) is 0 Å². The molecule has 0 fully saturated rings. The number of nitrogens with zero attached hydrogens (tertiary/aromatic N) is 1. The summed E-state index contributed by atoms with van der Waals surface area (Å²) in [6.07, 6.45) is 1.33. The van der Waals surface area contributed by atoms with E-state index in [0.717, 1.165) is 11.1 Å². The highest BCUT2D eigenvalue weighted by atomic mass is 16.3. The minimum absolute atomic E-state index is 0.247. The number of fused-ring (bicyclic) bond motifs is 1. The topological polar surface area (TPSA) is 57.6 Å². The van der Waals surface area contributed by atoms with Crippen LogP contribution in [0.3, 0.4) is 0 Å². The van der Waals surface area contributed by atoms with Gasteiger partial charge in [-0.3, -0.25) is 9.59 Å². The van der Waals surface area contributed by atoms with Crippen LogP contribution in [0.15, 0.2) is 55.1 Å². The lowest BCUT2D eigenvalue weighted by Crippen LogP contribution is -2.42. The highest BCUT2D eigenvalue weighted by Crippen LogP contribution is 2.42. The van der Waals surface area contributed by atoms with Gasteiger partial charge in [-0.1, -0.05) is 48.0 Å². The first-order valence-electron chi connectivity index (χ1n) is 8.23. The second kappa shape index (κ2) is 6.30. The zero-order chi connectivity index (χ0) is 18.2. The van der Waals surface area contributed by atoms with Gasteiger partial charge in [-0.25, -0.2) is 0 Å². The minimum atomic E-state index is -1.84. The van der Waals surface area contributed by atoms with Crippen molar-refractivity contribution in [1.82, 2.24) is 0 Å². The van der Waals surface area contributed by atoms with Gasteiger partial charge in [-0.05, 0) is 25.5 Å². The van der Waals surface area contributed by atoms with Crippen LogP contribution in [0, 0.1) is 13.8 Å². The summed E-state index contributed by atoms with van der Waals surface area (Å²) in [5.74, 6) is -0.727. The van der Waals surface area contributed by atoms with E-state index in [9.17, 15) is 14.7 Å². The molecule has 1 amide bonds. The van der Waals surface area contributed by atoms with Crippen molar-refractivity contribution in [3.8, 4) is 0 Å². The first-order chi connectivity index (χ1) is 11.9. The molecule has 2 aromatic rings. The van der Waals surface area contributed by atoms with Crippen molar-refractivity contribution < 1.29 is 14.7 Å². The Bertz CT molecular complexity index is 871. The summed E-state index contributed by atoms with van der Waals surface area (Å²) in [5.41, 5.74) is 1.70. The van der Waals surface area contributed by atoms with Gasteiger partial charge in [-0.15, -0.1) is 6.58 Å². The average molecular weight is 335 g/mol. The van der Waals surface area contributed by atoms with Crippen LogP contribution >= 0.6 is 0 Å². The fraction of sp³-hybridized carbons (Fsp3) is 0.238. The molecule has 128 valence electrons. The van der Waals surface area contributed by atoms with Gasteiger partial charge in [0.05, 0.1) is 12.1 Å². The molecule has 0 aromatic heterocycles. The zero-order valence-electron chi connectivity index (χ0n) is 14.5. The third kappa shape index (κ3) is 2.79. The Morgan fingerprint density at radius 2 is 1.96 bits per heavy atom. The van der Waals surface area contributed by atoms with Crippen LogP contribution in [0.5, 0.6) is 0 Å². The molecular weight excluding hydrogens is 314 g/mol. The molecule has 1 N–H and O–H groups in total. The standard InChI is InChI=1S/C21H21NO3/c1-4-11-22-18-8-6-5-7-17(18)21(25,20(22)24)13-19(23)16-10-9-14(2)12-15(16)3/h4-10,12,25H,1,11,13H2,2-3H3/t21-/m0/s1. The number of amides is 1. The SMILES string of the molecule is C=CCN1C(=O)[C@](O)(CC(=O)c2ccc(C)cc2C)c2ccccc21. The molecule has 1 heterocycles. The molecule has 3 rings (SSSR count). The van der Waals surface area contributed by atoms with Gasteiger partial charge < -0.3 is 10.0 Å². The molecule has 0 radical (unpaired) electrons. The lowest BCUT2D eigenvalue weighted by molar-refractivity contribution is -0.135. The number of hydrogen-bond acceptors (Lipinski definition) is 3. The Labute approximate surface area is 147 Å². The molecule has 2 aromatic carbocycles. The maximum atomic E-state index is 12.9. The molecule has 1 aliphatic rings. The Hall–Kier alpha value is -2.72. The number of rotatable bonds is 5. The van der Waals surface area contributed by atoms with Crippen molar-refractivity contribution in [2.75, 3.05) is 11.4 Å². The normalized spacial score (nSPS) is 19.0. The van der Waals surface area contributed by atoms with E-state index in [2.05, 4.69) is 6.58 Å². The Morgan fingerprint density at radius 1 is 1.24 bits per heavy atom. The number of anilines is 1. The monoisotopic (exact) mass is 335 g/mol. The number of hydrogen-bond donors (Lipinski definition) is 1. The number of ketones is 1. The van der Waals surface area contributed by atoms with E-state index < -0.39 is 11.5 Å². The largest absolute Gasteiger partial charge is 0.375 e. The van der Waals surface area contributed by atoms with E-state index in [0.29, 0.717) is 16.8 Å². The van der Waals surface area contributed by atoms with Crippen molar-refractivity contribution in [2.45, 2.75) is 25.9 Å². The number of para-hydroxylation sites is 1. The maximum absolute atomic E-state index is 12.9. The predicted octanol–water partition coefficient (Wildman–Crippen LogP) is 3.30. The summed E-state index contributed by atoms with van der Waals surface area (Å²) >= 11 is 0. The second-order valence-corrected chi connectivity index (χ2v) is 6.50. The maximum Gasteiger partial charge on any atom is 0.264 e. The number of benzene rings is 2. The summed E-state index contributed by atoms with van der Waals surface area (Å²) < 4.78 is 0. The van der Waals surface area contributed by atoms with Gasteiger partial charge in [-0.2, -0.15) is 0 Å². The van der Waals surface area contributed by atoms with Crippen LogP contribution in [-0.4, -0.2) is 23.3 Å². The van der Waals surface area contributed by atoms with Crippen LogP contribution in [0.1, 0.15) is 33.5 Å². The van der Waals surface area contributed by atoms with E-state index in [1.165, 1.54) is 4.90 Å². The van der Waals surface area contributed by atoms with Crippen LogP contribution in [0.4, 0.5) is 5.69 Å². The van der Waals surface area contributed by atoms with Crippen LogP contribution in [-0.2, 0) is 10.4 Å². The summed E-state index contributed by atoms with van der Waals surface area (Å²) in [4.78, 5) is 27.1. The van der Waals surface area contributed by atoms with E-state index in [-0.39, 0.29) is 18.7 Å². The van der Waals surface area contributed by atoms with E-state index in [1.54, 1.807) is 36.4 Å². The van der Waals surface area contributed by atoms with Crippen LogP contribution in [0.25, 0.3) is 0 Å². The smallest absolute Gasteiger partial charge is 0.264 e. The molecule has 0 aliphatic carbocycles. The van der Waals surface area contributed by atoms with Crippen LogP contribution < -0.4 is 4.90 Å². The van der Waals surface area contributed by atoms with Gasteiger partial charge in [0.25, 0.3) is 5.91 Å². The number of carbonyl (C=O) groups is 2. The van der Waals surface area contributed by atoms with Crippen LogP contribution in [0.2, 0.25) is 0 Å². The van der Waals surface area contributed by atoms with Gasteiger partial charge in [0.1, 0.15) is 0 Å². The molecule has 4 nitrogen and oxygen atoms in total. The fourth-order valence-electron chi connectivity index (χ4n) is 3.44. The lowest BCUT2D eigenvalue weighted by atomic mass is 9.87. The summed E-state index contributed by atoms with van der Waals surface area (Å²) in [6, 6.07) is 12.6. The lowest BCUT2D eigenvalue weighted by Gasteiger charge is -2.22. The quantitative estimate of drug-likeness (QED) is 0.674. The Morgan fingerprint density at radius 3 is 2.64 bits per heavy atom. The molecule has 1 aliphatic heterocycles. The third-order valence-corrected chi connectivity index (χ3v) is 4.65. The molecular formula is C21H21NO3. The second-order valence-electron chi connectivity index (χ2n) is 6.50.